The van der Waals surface area contributed by atoms with E-state index in [4.69, 9.17) is 0 Å². The highest BCUT2D eigenvalue weighted by Crippen LogP contribution is 2.57. The van der Waals surface area contributed by atoms with Crippen LogP contribution in [0.5, 0.6) is 0 Å². The summed E-state index contributed by atoms with van der Waals surface area (Å²) >= 11 is 0. The lowest BCUT2D eigenvalue weighted by molar-refractivity contribution is 0.765. The Hall–Kier alpha value is -1.13. The Labute approximate surface area is 105 Å². The van der Waals surface area contributed by atoms with Crippen LogP contribution in [0.15, 0.2) is 60.7 Å². The van der Waals surface area contributed by atoms with Crippen molar-refractivity contribution in [2.24, 2.45) is 0 Å². The average molecular weight is 240 g/mol. The zero-order valence-corrected chi connectivity index (χ0v) is 10.8. The molecule has 2 aromatic rings. The molecular weight excluding hydrogens is 223 g/mol. The summed E-state index contributed by atoms with van der Waals surface area (Å²) in [5.74, 6) is 0. The highest BCUT2D eigenvalue weighted by atomic mass is 31.1. The van der Waals surface area contributed by atoms with Crippen molar-refractivity contribution in [1.82, 2.24) is 0 Å². The molecule has 1 saturated heterocycles. The van der Waals surface area contributed by atoms with Gasteiger partial charge in [-0.15, -0.1) is 8.58 Å². The second kappa shape index (κ2) is 5.02. The van der Waals surface area contributed by atoms with Crippen molar-refractivity contribution in [3.63, 3.8) is 0 Å². The topological polar surface area (TPSA) is 0 Å². The molecule has 1 heterocycles. The second-order valence-corrected chi connectivity index (χ2v) is 6.40. The van der Waals surface area contributed by atoms with Crippen molar-refractivity contribution in [2.75, 3.05) is 0 Å². The normalized spacial score (nSPS) is 25.2. The third-order valence-corrected chi connectivity index (χ3v) is 5.60. The summed E-state index contributed by atoms with van der Waals surface area (Å²) in [7, 11) is 1.05. The number of benzene rings is 2. The van der Waals surface area contributed by atoms with Gasteiger partial charge >= 0.3 is 0 Å². The zero-order valence-electron chi connectivity index (χ0n) is 9.84. The largest absolute Gasteiger partial charge is 0.107 e. The van der Waals surface area contributed by atoms with Crippen LogP contribution in [0.4, 0.5) is 0 Å². The van der Waals surface area contributed by atoms with Crippen LogP contribution in [0.3, 0.4) is 0 Å². The molecule has 0 bridgehead atoms. The Morgan fingerprint density at radius 1 is 0.647 bits per heavy atom. The van der Waals surface area contributed by atoms with Crippen LogP contribution in [0.2, 0.25) is 0 Å². The van der Waals surface area contributed by atoms with Gasteiger partial charge in [0.1, 0.15) is 0 Å². The minimum absolute atomic E-state index is 0.793. The van der Waals surface area contributed by atoms with Crippen molar-refractivity contribution in [1.29, 1.82) is 0 Å². The first kappa shape index (κ1) is 11.0. The van der Waals surface area contributed by atoms with E-state index in [1.54, 1.807) is 0 Å². The summed E-state index contributed by atoms with van der Waals surface area (Å²) < 4.78 is 0. The van der Waals surface area contributed by atoms with E-state index in [-0.39, 0.29) is 0 Å². The van der Waals surface area contributed by atoms with Gasteiger partial charge < -0.3 is 0 Å². The summed E-state index contributed by atoms with van der Waals surface area (Å²) in [6, 6.07) is 22.0. The fourth-order valence-electron chi connectivity index (χ4n) is 2.64. The Kier molecular flexibility index (Phi) is 3.25. The van der Waals surface area contributed by atoms with Crippen LogP contribution < -0.4 is 0 Å². The van der Waals surface area contributed by atoms with E-state index >= 15 is 0 Å². The molecule has 2 aromatic carbocycles. The third-order valence-electron chi connectivity index (χ3n) is 3.55. The van der Waals surface area contributed by atoms with E-state index in [9.17, 15) is 0 Å². The summed E-state index contributed by atoms with van der Waals surface area (Å²) in [5, 5.41) is 0. The predicted molar refractivity (Wildman–Crippen MR) is 75.9 cm³/mol. The molecule has 0 radical (unpaired) electrons. The molecule has 0 amide bonds. The van der Waals surface area contributed by atoms with Crippen molar-refractivity contribution >= 4 is 8.58 Å². The van der Waals surface area contributed by atoms with Gasteiger partial charge in [-0.05, 0) is 24.0 Å². The van der Waals surface area contributed by atoms with E-state index in [1.165, 1.54) is 24.0 Å². The second-order valence-electron chi connectivity index (χ2n) is 4.67. The predicted octanol–water partition coefficient (Wildman–Crippen LogP) is 4.94. The fraction of sp³-hybridized carbons (Fsp3) is 0.250. The average Bonchev–Trinajstić information content (AvgIpc) is 2.90. The quantitative estimate of drug-likeness (QED) is 0.652. The molecule has 0 aromatic heterocycles. The molecule has 0 spiro atoms. The Bertz CT molecular complexity index is 418. The van der Waals surface area contributed by atoms with Crippen LogP contribution in [-0.4, -0.2) is 0 Å². The minimum Gasteiger partial charge on any atom is -0.107 e. The van der Waals surface area contributed by atoms with Crippen LogP contribution in [0, 0.1) is 0 Å². The van der Waals surface area contributed by atoms with Crippen molar-refractivity contribution in [3.8, 4) is 0 Å². The molecule has 1 aliphatic heterocycles. The molecule has 2 unspecified atom stereocenters. The molecule has 0 aliphatic carbocycles. The smallest absolute Gasteiger partial charge is 0.00200 e. The van der Waals surface area contributed by atoms with Gasteiger partial charge in [0, 0.05) is 11.3 Å². The van der Waals surface area contributed by atoms with E-state index in [0.29, 0.717) is 0 Å². The van der Waals surface area contributed by atoms with E-state index < -0.39 is 0 Å². The van der Waals surface area contributed by atoms with Crippen LogP contribution in [0.1, 0.15) is 35.3 Å². The van der Waals surface area contributed by atoms with Crippen molar-refractivity contribution in [2.45, 2.75) is 24.2 Å². The highest BCUT2D eigenvalue weighted by molar-refractivity contribution is 7.39. The fourth-order valence-corrected chi connectivity index (χ4v) is 4.56. The Morgan fingerprint density at radius 3 is 1.47 bits per heavy atom. The molecule has 17 heavy (non-hydrogen) atoms. The van der Waals surface area contributed by atoms with E-state index in [2.05, 4.69) is 60.7 Å². The number of hydrogen-bond acceptors (Lipinski definition) is 0. The van der Waals surface area contributed by atoms with Crippen molar-refractivity contribution in [3.05, 3.63) is 71.8 Å². The Morgan fingerprint density at radius 2 is 1.06 bits per heavy atom. The van der Waals surface area contributed by atoms with Gasteiger partial charge in [-0.25, -0.2) is 0 Å². The summed E-state index contributed by atoms with van der Waals surface area (Å²) in [5.41, 5.74) is 4.65. The summed E-state index contributed by atoms with van der Waals surface area (Å²) in [6.45, 7) is 0. The summed E-state index contributed by atoms with van der Waals surface area (Å²) in [4.78, 5) is 0. The molecule has 1 aliphatic rings. The first-order valence-electron chi connectivity index (χ1n) is 6.29. The van der Waals surface area contributed by atoms with E-state index in [0.717, 1.165) is 19.9 Å². The highest BCUT2D eigenvalue weighted by Gasteiger charge is 2.26. The van der Waals surface area contributed by atoms with Crippen molar-refractivity contribution < 1.29 is 0 Å². The maximum atomic E-state index is 2.28. The number of rotatable bonds is 2. The maximum Gasteiger partial charge on any atom is 0.00200 e. The van der Waals surface area contributed by atoms with Crippen LogP contribution in [0.25, 0.3) is 0 Å². The molecule has 0 N–H and O–H groups in total. The van der Waals surface area contributed by atoms with Gasteiger partial charge in [0.05, 0.1) is 0 Å². The van der Waals surface area contributed by atoms with E-state index in [1.807, 2.05) is 0 Å². The van der Waals surface area contributed by atoms with Gasteiger partial charge in [-0.3, -0.25) is 0 Å². The maximum absolute atomic E-state index is 2.28. The third kappa shape index (κ3) is 2.42. The molecule has 86 valence electrons. The zero-order chi connectivity index (χ0) is 11.5. The lowest BCUT2D eigenvalue weighted by Gasteiger charge is -2.12. The van der Waals surface area contributed by atoms with Gasteiger partial charge in [0.2, 0.25) is 0 Å². The lowest BCUT2D eigenvalue weighted by atomic mass is 10.0. The van der Waals surface area contributed by atoms with Crippen LogP contribution >= 0.6 is 8.58 Å². The molecule has 3 rings (SSSR count). The molecule has 1 fully saturated rings. The first-order chi connectivity index (χ1) is 8.43. The standard InChI is InChI=1S/C16H17P/c1-3-7-13(8-4-1)15-11-12-16(17-15)14-9-5-2-6-10-14/h1-10,15-17H,11-12H2. The summed E-state index contributed by atoms with van der Waals surface area (Å²) in [6.07, 6.45) is 2.70. The van der Waals surface area contributed by atoms with Gasteiger partial charge in [0.15, 0.2) is 0 Å². The minimum atomic E-state index is 0.793. The molecule has 2 atom stereocenters. The monoisotopic (exact) mass is 240 g/mol. The first-order valence-corrected chi connectivity index (χ1v) is 7.45. The lowest BCUT2D eigenvalue weighted by Crippen LogP contribution is -1.85. The molecule has 1 heteroatoms. The Balaban J connectivity index is 1.75. The molecule has 0 saturated carbocycles. The van der Waals surface area contributed by atoms with Gasteiger partial charge in [-0.1, -0.05) is 60.7 Å². The molecular formula is C16H17P. The van der Waals surface area contributed by atoms with Gasteiger partial charge in [0.25, 0.3) is 0 Å². The van der Waals surface area contributed by atoms with Gasteiger partial charge in [-0.2, -0.15) is 0 Å². The van der Waals surface area contributed by atoms with Crippen LogP contribution in [-0.2, 0) is 0 Å². The SMILES string of the molecule is c1ccc(C2CCC(c3ccccc3)P2)cc1. The number of hydrogen-bond donors (Lipinski definition) is 0. The molecule has 0 nitrogen and oxygen atoms in total.